The number of carbonyl (C=O) groups is 1. The molecule has 23 heavy (non-hydrogen) atoms. The van der Waals surface area contributed by atoms with Crippen LogP contribution in [0.2, 0.25) is 0 Å². The fraction of sp³-hybridized carbons (Fsp3) is 0.556. The maximum absolute atomic E-state index is 12.2. The Morgan fingerprint density at radius 1 is 1.13 bits per heavy atom. The van der Waals surface area contributed by atoms with Crippen molar-refractivity contribution in [3.05, 3.63) is 35.9 Å². The highest BCUT2D eigenvalue weighted by molar-refractivity contribution is 5.67. The van der Waals surface area contributed by atoms with Crippen LogP contribution < -0.4 is 0 Å². The smallest absolute Gasteiger partial charge is 0.410 e. The molecule has 5 nitrogen and oxygen atoms in total. The van der Waals surface area contributed by atoms with Crippen LogP contribution in [0.3, 0.4) is 0 Å². The first-order valence-corrected chi connectivity index (χ1v) is 8.35. The first-order chi connectivity index (χ1) is 11.2. The van der Waals surface area contributed by atoms with Gasteiger partial charge in [0, 0.05) is 26.2 Å². The summed E-state index contributed by atoms with van der Waals surface area (Å²) in [6.07, 6.45) is 3.93. The van der Waals surface area contributed by atoms with Crippen LogP contribution in [0.15, 0.2) is 30.3 Å². The van der Waals surface area contributed by atoms with Crippen molar-refractivity contribution in [2.45, 2.75) is 37.8 Å². The lowest BCUT2D eigenvalue weighted by atomic mass is 9.96. The summed E-state index contributed by atoms with van der Waals surface area (Å²) in [5.74, 6) is 0. The van der Waals surface area contributed by atoms with Crippen molar-refractivity contribution in [1.29, 1.82) is 5.26 Å². The quantitative estimate of drug-likeness (QED) is 0.861. The molecule has 3 rings (SSSR count). The summed E-state index contributed by atoms with van der Waals surface area (Å²) >= 11 is 0. The van der Waals surface area contributed by atoms with Gasteiger partial charge in [0.25, 0.3) is 0 Å². The molecule has 5 heteroatoms. The van der Waals surface area contributed by atoms with E-state index in [2.05, 4.69) is 11.0 Å². The highest BCUT2D eigenvalue weighted by Crippen LogP contribution is 2.35. The maximum Gasteiger partial charge on any atom is 0.410 e. The van der Waals surface area contributed by atoms with Gasteiger partial charge >= 0.3 is 6.09 Å². The number of benzene rings is 1. The molecule has 0 bridgehead atoms. The minimum atomic E-state index is -0.292. The van der Waals surface area contributed by atoms with Crippen LogP contribution >= 0.6 is 0 Å². The van der Waals surface area contributed by atoms with E-state index in [1.807, 2.05) is 30.3 Å². The van der Waals surface area contributed by atoms with Gasteiger partial charge in [-0.3, -0.25) is 4.90 Å². The van der Waals surface area contributed by atoms with Crippen molar-refractivity contribution in [2.24, 2.45) is 0 Å². The minimum absolute atomic E-state index is 0.258. The summed E-state index contributed by atoms with van der Waals surface area (Å²) in [5.41, 5.74) is 0.703. The maximum atomic E-state index is 12.2. The van der Waals surface area contributed by atoms with E-state index in [4.69, 9.17) is 4.74 Å². The molecule has 0 unspecified atom stereocenters. The van der Waals surface area contributed by atoms with Crippen LogP contribution in [-0.2, 0) is 11.3 Å². The third kappa shape index (κ3) is 3.48. The van der Waals surface area contributed by atoms with Crippen molar-refractivity contribution >= 4 is 6.09 Å². The SMILES string of the molecule is N#CC1(N2CCN(C(=O)OCc3ccccc3)CC2)CCCC1. The second-order valence-electron chi connectivity index (χ2n) is 6.36. The second-order valence-corrected chi connectivity index (χ2v) is 6.36. The molecule has 1 aromatic rings. The number of amides is 1. The molecule has 0 radical (unpaired) electrons. The van der Waals surface area contributed by atoms with E-state index < -0.39 is 0 Å². The Hall–Kier alpha value is -2.06. The Balaban J connectivity index is 1.49. The minimum Gasteiger partial charge on any atom is -0.445 e. The largest absolute Gasteiger partial charge is 0.445 e. The zero-order chi connectivity index (χ0) is 16.1. The van der Waals surface area contributed by atoms with E-state index in [0.29, 0.717) is 19.7 Å². The number of nitrogens with zero attached hydrogens (tertiary/aromatic N) is 3. The fourth-order valence-electron chi connectivity index (χ4n) is 3.59. The lowest BCUT2D eigenvalue weighted by Gasteiger charge is -2.41. The lowest BCUT2D eigenvalue weighted by molar-refractivity contribution is 0.0452. The van der Waals surface area contributed by atoms with Crippen LogP contribution in [0, 0.1) is 11.3 Å². The van der Waals surface area contributed by atoms with E-state index in [1.54, 1.807) is 4.90 Å². The van der Waals surface area contributed by atoms with Crippen molar-refractivity contribution < 1.29 is 9.53 Å². The number of piperazine rings is 1. The van der Waals surface area contributed by atoms with Gasteiger partial charge in [-0.25, -0.2) is 4.79 Å². The van der Waals surface area contributed by atoms with Gasteiger partial charge in [-0.15, -0.1) is 0 Å². The van der Waals surface area contributed by atoms with Crippen LogP contribution in [0.4, 0.5) is 4.79 Å². The molecule has 1 heterocycles. The first-order valence-electron chi connectivity index (χ1n) is 8.35. The normalized spacial score (nSPS) is 20.9. The molecule has 1 saturated heterocycles. The van der Waals surface area contributed by atoms with Gasteiger partial charge in [-0.1, -0.05) is 43.2 Å². The molecule has 0 spiro atoms. The molecule has 122 valence electrons. The second kappa shape index (κ2) is 7.01. The molecular formula is C18H23N3O2. The average Bonchev–Trinajstić information content (AvgIpc) is 3.11. The third-order valence-corrected chi connectivity index (χ3v) is 4.99. The summed E-state index contributed by atoms with van der Waals surface area (Å²) in [4.78, 5) is 16.2. The van der Waals surface area contributed by atoms with Gasteiger partial charge in [0.15, 0.2) is 0 Å². The topological polar surface area (TPSA) is 56.6 Å². The number of ether oxygens (including phenoxy) is 1. The van der Waals surface area contributed by atoms with E-state index in [1.165, 1.54) is 0 Å². The molecule has 0 atom stereocenters. The zero-order valence-electron chi connectivity index (χ0n) is 13.4. The molecule has 1 amide bonds. The molecule has 2 aliphatic rings. The Kier molecular flexibility index (Phi) is 4.82. The summed E-state index contributed by atoms with van der Waals surface area (Å²) in [7, 11) is 0. The van der Waals surface area contributed by atoms with E-state index in [0.717, 1.165) is 44.3 Å². The zero-order valence-corrected chi connectivity index (χ0v) is 13.4. The highest BCUT2D eigenvalue weighted by atomic mass is 16.6. The third-order valence-electron chi connectivity index (χ3n) is 4.99. The predicted octanol–water partition coefficient (Wildman–Crippen LogP) is 2.78. The average molecular weight is 313 g/mol. The predicted molar refractivity (Wildman–Crippen MR) is 86.6 cm³/mol. The standard InChI is InChI=1S/C18H23N3O2/c19-15-18(8-4-5-9-18)21-12-10-20(11-13-21)17(22)23-14-16-6-2-1-3-7-16/h1-3,6-7H,4-5,8-14H2. The molecule has 1 aliphatic heterocycles. The van der Waals surface area contributed by atoms with Crippen LogP contribution in [-0.4, -0.2) is 47.6 Å². The molecule has 0 aromatic heterocycles. The van der Waals surface area contributed by atoms with E-state index >= 15 is 0 Å². The van der Waals surface area contributed by atoms with Gasteiger partial charge in [0.05, 0.1) is 6.07 Å². The van der Waals surface area contributed by atoms with Gasteiger partial charge in [0.1, 0.15) is 12.1 Å². The number of rotatable bonds is 3. The Morgan fingerprint density at radius 2 is 1.78 bits per heavy atom. The molecular weight excluding hydrogens is 290 g/mol. The van der Waals surface area contributed by atoms with Gasteiger partial charge in [-0.2, -0.15) is 5.26 Å². The lowest BCUT2D eigenvalue weighted by Crippen LogP contribution is -2.56. The molecule has 1 aliphatic carbocycles. The Labute approximate surface area is 137 Å². The van der Waals surface area contributed by atoms with Crippen molar-refractivity contribution in [3.63, 3.8) is 0 Å². The summed E-state index contributed by atoms with van der Waals surface area (Å²) in [6.45, 7) is 3.10. The van der Waals surface area contributed by atoms with Crippen molar-refractivity contribution in [1.82, 2.24) is 9.80 Å². The van der Waals surface area contributed by atoms with Gasteiger partial charge in [-0.05, 0) is 18.4 Å². The number of nitriles is 1. The Bertz CT molecular complexity index is 568. The van der Waals surface area contributed by atoms with Gasteiger partial charge in [0.2, 0.25) is 0 Å². The monoisotopic (exact) mass is 313 g/mol. The summed E-state index contributed by atoms with van der Waals surface area (Å²) in [6, 6.07) is 12.2. The molecule has 1 saturated carbocycles. The van der Waals surface area contributed by atoms with E-state index in [-0.39, 0.29) is 11.6 Å². The molecule has 1 aromatic carbocycles. The van der Waals surface area contributed by atoms with Crippen LogP contribution in [0.1, 0.15) is 31.2 Å². The highest BCUT2D eigenvalue weighted by Gasteiger charge is 2.41. The number of hydrogen-bond donors (Lipinski definition) is 0. The van der Waals surface area contributed by atoms with Crippen LogP contribution in [0.25, 0.3) is 0 Å². The Morgan fingerprint density at radius 3 is 2.39 bits per heavy atom. The van der Waals surface area contributed by atoms with Crippen molar-refractivity contribution in [3.8, 4) is 6.07 Å². The first kappa shape index (κ1) is 15.8. The number of hydrogen-bond acceptors (Lipinski definition) is 4. The molecule has 0 N–H and O–H groups in total. The van der Waals surface area contributed by atoms with Gasteiger partial charge < -0.3 is 9.64 Å². The fourth-order valence-corrected chi connectivity index (χ4v) is 3.59. The summed E-state index contributed by atoms with van der Waals surface area (Å²) < 4.78 is 5.38. The molecule has 2 fully saturated rings. The van der Waals surface area contributed by atoms with Crippen molar-refractivity contribution in [2.75, 3.05) is 26.2 Å². The van der Waals surface area contributed by atoms with E-state index in [9.17, 15) is 10.1 Å². The number of carbonyl (C=O) groups excluding carboxylic acids is 1. The van der Waals surface area contributed by atoms with Crippen LogP contribution in [0.5, 0.6) is 0 Å². The summed E-state index contributed by atoms with van der Waals surface area (Å²) in [5, 5.41) is 9.56.